The largest absolute Gasteiger partial charge is 0.477 e. The van der Waals surface area contributed by atoms with Crippen molar-refractivity contribution in [3.05, 3.63) is 47.6 Å². The molecule has 2 atom stereocenters. The predicted octanol–water partition coefficient (Wildman–Crippen LogP) is 2.15. The van der Waals surface area contributed by atoms with Crippen LogP contribution in [0, 0.1) is 0 Å². The van der Waals surface area contributed by atoms with E-state index in [4.69, 9.17) is 4.74 Å². The van der Waals surface area contributed by atoms with E-state index in [0.717, 1.165) is 11.3 Å². The van der Waals surface area contributed by atoms with Crippen LogP contribution in [0.3, 0.4) is 0 Å². The highest BCUT2D eigenvalue weighted by Gasteiger charge is 2.36. The average Bonchev–Trinajstić information content (AvgIpc) is 3.55. The first-order valence-corrected chi connectivity index (χ1v) is 13.0. The Kier molecular flexibility index (Phi) is 7.05. The summed E-state index contributed by atoms with van der Waals surface area (Å²) in [5, 5.41) is 12.8. The lowest BCUT2D eigenvalue weighted by Gasteiger charge is -2.21. The third kappa shape index (κ3) is 5.66. The maximum Gasteiger partial charge on any atom is 0.280 e. The molecule has 0 spiro atoms. The summed E-state index contributed by atoms with van der Waals surface area (Å²) in [5.74, 6) is -0.140. The zero-order valence-corrected chi connectivity index (χ0v) is 20.1. The van der Waals surface area contributed by atoms with Crippen LogP contribution in [-0.2, 0) is 10.0 Å². The van der Waals surface area contributed by atoms with Gasteiger partial charge in [-0.1, -0.05) is 0 Å². The van der Waals surface area contributed by atoms with Gasteiger partial charge in [0.25, 0.3) is 5.91 Å². The van der Waals surface area contributed by atoms with Crippen LogP contribution in [0.25, 0.3) is 10.6 Å². The predicted molar refractivity (Wildman–Crippen MR) is 126 cm³/mol. The summed E-state index contributed by atoms with van der Waals surface area (Å²) in [6.07, 6.45) is 6.26. The number of amides is 1. The number of aromatic nitrogens is 4. The molecule has 1 saturated carbocycles. The Morgan fingerprint density at radius 3 is 2.79 bits per heavy atom. The zero-order valence-electron chi connectivity index (χ0n) is 18.5. The normalized spacial score (nSPS) is 15.4. The van der Waals surface area contributed by atoms with Crippen molar-refractivity contribution in [1.29, 1.82) is 0 Å². The standard InChI is InChI=1S/C21H24N6O5S2/c1-3-32-18-11-22-9-16(25-18)17-10-24-21(33-17)20(29)26-19(12(2)28)15-8-13(6-7-23-15)27-34(30,31)14-4-5-14/h6-12,14,19,28H,3-5H2,1-2H3,(H,23,27)(H,26,29)/t12-,19+/m1/s1. The smallest absolute Gasteiger partial charge is 0.280 e. The number of thiazole rings is 1. The fourth-order valence-corrected chi connectivity index (χ4v) is 5.29. The number of ether oxygens (including phenoxy) is 1. The first kappa shape index (κ1) is 24.0. The molecule has 34 heavy (non-hydrogen) atoms. The Hall–Kier alpha value is -3.16. The lowest BCUT2D eigenvalue weighted by molar-refractivity contribution is 0.0854. The van der Waals surface area contributed by atoms with Gasteiger partial charge in [0.15, 0.2) is 5.01 Å². The van der Waals surface area contributed by atoms with Crippen LogP contribution in [0.1, 0.15) is 48.2 Å². The van der Waals surface area contributed by atoms with E-state index < -0.39 is 28.1 Å². The summed E-state index contributed by atoms with van der Waals surface area (Å²) in [6, 6.07) is 2.14. The molecule has 0 unspecified atom stereocenters. The van der Waals surface area contributed by atoms with Gasteiger partial charge in [-0.15, -0.1) is 11.3 Å². The van der Waals surface area contributed by atoms with E-state index in [2.05, 4.69) is 30.0 Å². The highest BCUT2D eigenvalue weighted by Crippen LogP contribution is 2.30. The number of sulfonamides is 1. The van der Waals surface area contributed by atoms with Crippen molar-refractivity contribution in [2.45, 2.75) is 44.1 Å². The molecule has 1 aliphatic carbocycles. The molecule has 1 amide bonds. The number of hydrogen-bond donors (Lipinski definition) is 3. The SMILES string of the molecule is CCOc1cncc(-c2cnc(C(=O)N[C@H](c3cc(NS(=O)(=O)C4CC4)ccn3)[C@@H](C)O)s2)n1. The summed E-state index contributed by atoms with van der Waals surface area (Å²) < 4.78 is 32.4. The van der Waals surface area contributed by atoms with Crippen LogP contribution >= 0.6 is 11.3 Å². The third-order valence-corrected chi connectivity index (χ3v) is 7.84. The zero-order chi connectivity index (χ0) is 24.3. The van der Waals surface area contributed by atoms with Crippen LogP contribution < -0.4 is 14.8 Å². The van der Waals surface area contributed by atoms with Crippen LogP contribution in [0.2, 0.25) is 0 Å². The fourth-order valence-electron chi connectivity index (χ4n) is 3.13. The van der Waals surface area contributed by atoms with E-state index in [9.17, 15) is 18.3 Å². The molecule has 13 heteroatoms. The van der Waals surface area contributed by atoms with Crippen molar-refractivity contribution in [3.63, 3.8) is 0 Å². The van der Waals surface area contributed by atoms with Gasteiger partial charge in [-0.3, -0.25) is 19.5 Å². The minimum absolute atomic E-state index is 0.162. The molecule has 3 heterocycles. The van der Waals surface area contributed by atoms with E-state index >= 15 is 0 Å². The van der Waals surface area contributed by atoms with Gasteiger partial charge in [-0.2, -0.15) is 0 Å². The Bertz CT molecular complexity index is 1280. The molecule has 0 radical (unpaired) electrons. The molecule has 0 aromatic carbocycles. The second kappa shape index (κ2) is 9.99. The number of nitrogens with one attached hydrogen (secondary N) is 2. The molecule has 0 saturated heterocycles. The number of rotatable bonds is 10. The molecular weight excluding hydrogens is 480 g/mol. The van der Waals surface area contributed by atoms with Gasteiger partial charge in [-0.05, 0) is 38.8 Å². The van der Waals surface area contributed by atoms with Gasteiger partial charge in [-0.25, -0.2) is 18.4 Å². The van der Waals surface area contributed by atoms with Crippen molar-refractivity contribution in [2.75, 3.05) is 11.3 Å². The maximum atomic E-state index is 12.9. The number of aliphatic hydroxyl groups excluding tert-OH is 1. The molecule has 1 aliphatic rings. The van der Waals surface area contributed by atoms with Crippen molar-refractivity contribution >= 4 is 33.0 Å². The van der Waals surface area contributed by atoms with Crippen molar-refractivity contribution in [2.24, 2.45) is 0 Å². The molecular formula is C21H24N6O5S2. The van der Waals surface area contributed by atoms with Crippen molar-refractivity contribution in [1.82, 2.24) is 25.3 Å². The lowest BCUT2D eigenvalue weighted by Crippen LogP contribution is -2.35. The number of aliphatic hydroxyl groups is 1. The lowest BCUT2D eigenvalue weighted by atomic mass is 10.1. The van der Waals surface area contributed by atoms with Gasteiger partial charge in [0.1, 0.15) is 5.69 Å². The van der Waals surface area contributed by atoms with Gasteiger partial charge in [0.05, 0.1) is 52.7 Å². The number of nitrogens with zero attached hydrogens (tertiary/aromatic N) is 4. The van der Waals surface area contributed by atoms with Crippen LogP contribution in [0.4, 0.5) is 5.69 Å². The molecule has 3 N–H and O–H groups in total. The fraction of sp³-hybridized carbons (Fsp3) is 0.381. The van der Waals surface area contributed by atoms with Crippen LogP contribution in [-0.4, -0.2) is 57.3 Å². The minimum Gasteiger partial charge on any atom is -0.477 e. The molecule has 1 fully saturated rings. The summed E-state index contributed by atoms with van der Waals surface area (Å²) in [5.41, 5.74) is 1.15. The van der Waals surface area contributed by atoms with Gasteiger partial charge in [0, 0.05) is 12.4 Å². The minimum atomic E-state index is -3.46. The third-order valence-electron chi connectivity index (χ3n) is 4.95. The quantitative estimate of drug-likeness (QED) is 0.376. The number of pyridine rings is 1. The Labute approximate surface area is 200 Å². The topological polar surface area (TPSA) is 156 Å². The van der Waals surface area contributed by atoms with Crippen LogP contribution in [0.5, 0.6) is 5.88 Å². The molecule has 0 bridgehead atoms. The van der Waals surface area contributed by atoms with Crippen molar-refractivity contribution in [3.8, 4) is 16.5 Å². The number of anilines is 1. The molecule has 3 aromatic heterocycles. The van der Waals surface area contributed by atoms with E-state index in [-0.39, 0.29) is 10.3 Å². The van der Waals surface area contributed by atoms with E-state index in [1.54, 1.807) is 6.20 Å². The average molecular weight is 505 g/mol. The molecule has 0 aliphatic heterocycles. The van der Waals surface area contributed by atoms with E-state index in [0.29, 0.717) is 47.3 Å². The summed E-state index contributed by atoms with van der Waals surface area (Å²) in [6.45, 7) is 3.80. The highest BCUT2D eigenvalue weighted by atomic mass is 32.2. The Morgan fingerprint density at radius 2 is 2.09 bits per heavy atom. The summed E-state index contributed by atoms with van der Waals surface area (Å²) in [7, 11) is -3.46. The first-order valence-electron chi connectivity index (χ1n) is 10.6. The van der Waals surface area contributed by atoms with Gasteiger partial charge >= 0.3 is 0 Å². The first-order chi connectivity index (χ1) is 16.3. The van der Waals surface area contributed by atoms with E-state index in [1.807, 2.05) is 6.92 Å². The maximum absolute atomic E-state index is 12.9. The molecule has 3 aromatic rings. The highest BCUT2D eigenvalue weighted by molar-refractivity contribution is 7.93. The van der Waals surface area contributed by atoms with Gasteiger partial charge in [0.2, 0.25) is 15.9 Å². The second-order valence-electron chi connectivity index (χ2n) is 7.71. The van der Waals surface area contributed by atoms with Gasteiger partial charge < -0.3 is 15.2 Å². The van der Waals surface area contributed by atoms with Crippen molar-refractivity contribution < 1.29 is 23.1 Å². The molecule has 180 valence electrons. The number of carbonyl (C=O) groups excluding carboxylic acids is 1. The second-order valence-corrected chi connectivity index (χ2v) is 10.7. The Morgan fingerprint density at radius 1 is 1.29 bits per heavy atom. The molecule has 4 rings (SSSR count). The Balaban J connectivity index is 1.50. The summed E-state index contributed by atoms with van der Waals surface area (Å²) >= 11 is 1.12. The molecule has 11 nitrogen and oxygen atoms in total. The monoisotopic (exact) mass is 504 g/mol. The summed E-state index contributed by atoms with van der Waals surface area (Å²) in [4.78, 5) is 30.3. The number of carbonyl (C=O) groups is 1. The number of hydrogen-bond acceptors (Lipinski definition) is 10. The van der Waals surface area contributed by atoms with E-state index in [1.165, 1.54) is 37.6 Å². The van der Waals surface area contributed by atoms with Crippen LogP contribution in [0.15, 0.2) is 36.9 Å².